The predicted molar refractivity (Wildman–Crippen MR) is 131 cm³/mol. The van der Waals surface area contributed by atoms with E-state index in [-0.39, 0.29) is 36.8 Å². The molecule has 37 heavy (non-hydrogen) atoms. The first-order valence-electron chi connectivity index (χ1n) is 12.0. The molecule has 0 spiro atoms. The van der Waals surface area contributed by atoms with Crippen LogP contribution in [0.1, 0.15) is 59.7 Å². The molecule has 3 rings (SSSR count). The number of alkyl carbamates (subject to hydrolysis) is 1. The van der Waals surface area contributed by atoms with Gasteiger partial charge in [0, 0.05) is 17.6 Å². The molecule has 2 aromatic carbocycles. The van der Waals surface area contributed by atoms with Gasteiger partial charge in [-0.3, -0.25) is 10.1 Å². The largest absolute Gasteiger partial charge is 0.450 e. The molecule has 0 aromatic heterocycles. The van der Waals surface area contributed by atoms with Crippen molar-refractivity contribution in [1.29, 1.82) is 0 Å². The predicted octanol–water partition coefficient (Wildman–Crippen LogP) is 5.09. The molecule has 1 aliphatic carbocycles. The third-order valence-electron chi connectivity index (χ3n) is 6.01. The fourth-order valence-electron chi connectivity index (χ4n) is 3.97. The van der Waals surface area contributed by atoms with E-state index in [1.807, 2.05) is 0 Å². The van der Waals surface area contributed by atoms with Crippen LogP contribution < -0.4 is 16.0 Å². The molecule has 1 aliphatic rings. The number of nitrogens with one attached hydrogen (secondary N) is 3. The summed E-state index contributed by atoms with van der Waals surface area (Å²) in [4.78, 5) is 28.8. The van der Waals surface area contributed by atoms with Crippen LogP contribution in [-0.2, 0) is 17.5 Å². The van der Waals surface area contributed by atoms with Crippen molar-refractivity contribution in [3.8, 4) is 0 Å². The average molecular weight is 523 g/mol. The van der Waals surface area contributed by atoms with Crippen molar-refractivity contribution in [3.05, 3.63) is 70.5 Å². The smallest absolute Gasteiger partial charge is 0.416 e. The maximum atomic E-state index is 14.0. The lowest BCUT2D eigenvalue weighted by Gasteiger charge is -2.30. The molecule has 11 heteroatoms. The van der Waals surface area contributed by atoms with Crippen molar-refractivity contribution in [3.63, 3.8) is 0 Å². The van der Waals surface area contributed by atoms with Gasteiger partial charge in [-0.2, -0.15) is 13.2 Å². The van der Waals surface area contributed by atoms with Gasteiger partial charge in [0.25, 0.3) is 5.91 Å². The number of amides is 2. The Morgan fingerprint density at radius 1 is 1.03 bits per heavy atom. The number of aliphatic imine (C=N–C) groups is 1. The second-order valence-corrected chi connectivity index (χ2v) is 8.84. The topological polar surface area (TPSA) is 91.8 Å². The highest BCUT2D eigenvalue weighted by molar-refractivity contribution is 6.05. The second-order valence-electron chi connectivity index (χ2n) is 8.84. The number of hydrogen-bond acceptors (Lipinski definition) is 4. The first-order valence-corrected chi connectivity index (χ1v) is 12.0. The molecule has 0 radical (unpaired) electrons. The maximum Gasteiger partial charge on any atom is 0.416 e. The molecule has 1 fully saturated rings. The van der Waals surface area contributed by atoms with Crippen LogP contribution in [0.4, 0.5) is 22.4 Å². The molecular weight excluding hydrogens is 492 g/mol. The zero-order valence-electron chi connectivity index (χ0n) is 20.6. The summed E-state index contributed by atoms with van der Waals surface area (Å²) >= 11 is 0. The number of alkyl halides is 3. The maximum absolute atomic E-state index is 14.0. The molecule has 1 saturated carbocycles. The summed E-state index contributed by atoms with van der Waals surface area (Å²) < 4.78 is 58.1. The van der Waals surface area contributed by atoms with Crippen LogP contribution in [0.25, 0.3) is 0 Å². The molecule has 0 heterocycles. The van der Waals surface area contributed by atoms with Crippen molar-refractivity contribution in [1.82, 2.24) is 16.0 Å². The fourth-order valence-corrected chi connectivity index (χ4v) is 3.97. The van der Waals surface area contributed by atoms with E-state index in [1.54, 1.807) is 13.8 Å². The molecule has 0 aliphatic heterocycles. The van der Waals surface area contributed by atoms with Gasteiger partial charge in [-0.05, 0) is 74.9 Å². The average Bonchev–Trinajstić information content (AvgIpc) is 2.85. The van der Waals surface area contributed by atoms with E-state index in [2.05, 4.69) is 20.9 Å². The fraction of sp³-hybridized carbons (Fsp3) is 0.423. The van der Waals surface area contributed by atoms with Crippen LogP contribution in [0.15, 0.2) is 47.5 Å². The molecule has 0 bridgehead atoms. The molecule has 3 N–H and O–H groups in total. The van der Waals surface area contributed by atoms with E-state index in [9.17, 15) is 27.2 Å². The van der Waals surface area contributed by atoms with E-state index in [1.165, 1.54) is 24.3 Å². The van der Waals surface area contributed by atoms with Crippen molar-refractivity contribution in [2.45, 2.75) is 64.3 Å². The summed E-state index contributed by atoms with van der Waals surface area (Å²) in [5, 5.41) is 8.58. The van der Waals surface area contributed by atoms with E-state index in [4.69, 9.17) is 4.74 Å². The summed E-state index contributed by atoms with van der Waals surface area (Å²) in [5.74, 6) is -1.06. The summed E-state index contributed by atoms with van der Waals surface area (Å²) in [6, 6.07) is 8.71. The minimum Gasteiger partial charge on any atom is -0.450 e. The highest BCUT2D eigenvalue weighted by Crippen LogP contribution is 2.29. The summed E-state index contributed by atoms with van der Waals surface area (Å²) in [6.07, 6.45) is -2.34. The number of halogens is 4. The number of aryl methyl sites for hydroxylation is 1. The highest BCUT2D eigenvalue weighted by Gasteiger charge is 2.30. The summed E-state index contributed by atoms with van der Waals surface area (Å²) in [6.45, 7) is 3.46. The number of nitrogens with zero attached hydrogens (tertiary/aromatic N) is 1. The van der Waals surface area contributed by atoms with Gasteiger partial charge in [-0.1, -0.05) is 18.2 Å². The molecule has 0 atom stereocenters. The Balaban J connectivity index is 1.72. The van der Waals surface area contributed by atoms with Crippen LogP contribution in [0.2, 0.25) is 0 Å². The molecule has 2 aromatic rings. The number of guanidine groups is 1. The van der Waals surface area contributed by atoms with Gasteiger partial charge >= 0.3 is 12.3 Å². The Kier molecular flexibility index (Phi) is 9.48. The zero-order valence-corrected chi connectivity index (χ0v) is 20.6. The van der Waals surface area contributed by atoms with E-state index in [0.717, 1.165) is 18.2 Å². The lowest BCUT2D eigenvalue weighted by atomic mass is 9.91. The van der Waals surface area contributed by atoms with E-state index in [0.29, 0.717) is 36.8 Å². The summed E-state index contributed by atoms with van der Waals surface area (Å²) in [5.41, 5.74) is -0.00582. The lowest BCUT2D eigenvalue weighted by molar-refractivity contribution is -0.137. The third-order valence-corrected chi connectivity index (χ3v) is 6.01. The molecule has 0 unspecified atom stereocenters. The standard InChI is InChI=1S/C26H30F4N4O3/c1-3-37-25(36)33-21-11-9-20(10-12-21)32-24(34-23(35)18-8-7-16(2)22(27)14-18)31-15-17-5-4-6-19(13-17)26(28,29)30/h4-8,13-14,20-21H,3,9-12,15H2,1-2H3,(H,33,36)(H2,31,32,34,35). The third kappa shape index (κ3) is 8.47. The van der Waals surface area contributed by atoms with Crippen LogP contribution in [0.3, 0.4) is 0 Å². The number of ether oxygens (including phenoxy) is 1. The zero-order chi connectivity index (χ0) is 27.0. The van der Waals surface area contributed by atoms with Crippen LogP contribution >= 0.6 is 0 Å². The first-order chi connectivity index (χ1) is 17.5. The van der Waals surface area contributed by atoms with E-state index >= 15 is 0 Å². The number of rotatable bonds is 6. The Morgan fingerprint density at radius 3 is 2.32 bits per heavy atom. The molecule has 0 saturated heterocycles. The number of carbonyl (C=O) groups is 2. The van der Waals surface area contributed by atoms with Crippen LogP contribution in [0.5, 0.6) is 0 Å². The highest BCUT2D eigenvalue weighted by atomic mass is 19.4. The van der Waals surface area contributed by atoms with Gasteiger partial charge in [0.1, 0.15) is 5.82 Å². The van der Waals surface area contributed by atoms with E-state index < -0.39 is 29.6 Å². The number of carbonyl (C=O) groups excluding carboxylic acids is 2. The van der Waals surface area contributed by atoms with Gasteiger partial charge < -0.3 is 15.4 Å². The Bertz CT molecular complexity index is 1130. The second kappa shape index (κ2) is 12.6. The lowest BCUT2D eigenvalue weighted by Crippen LogP contribution is -2.49. The number of benzene rings is 2. The minimum absolute atomic E-state index is 0.0484. The van der Waals surface area contributed by atoms with Gasteiger partial charge in [0.05, 0.1) is 18.7 Å². The number of hydrogen-bond donors (Lipinski definition) is 3. The van der Waals surface area contributed by atoms with Crippen molar-refractivity contribution >= 4 is 18.0 Å². The quantitative estimate of drug-likeness (QED) is 0.280. The van der Waals surface area contributed by atoms with Crippen molar-refractivity contribution < 1.29 is 31.9 Å². The van der Waals surface area contributed by atoms with Crippen molar-refractivity contribution in [2.24, 2.45) is 4.99 Å². The Hall–Kier alpha value is -3.63. The molecule has 7 nitrogen and oxygen atoms in total. The van der Waals surface area contributed by atoms with Crippen molar-refractivity contribution in [2.75, 3.05) is 6.61 Å². The molecular formula is C26H30F4N4O3. The minimum atomic E-state index is -4.49. The normalized spacial score (nSPS) is 18.2. The summed E-state index contributed by atoms with van der Waals surface area (Å²) in [7, 11) is 0. The van der Waals surface area contributed by atoms with Gasteiger partial charge in [-0.25, -0.2) is 14.2 Å². The van der Waals surface area contributed by atoms with Crippen LogP contribution in [-0.4, -0.2) is 36.7 Å². The molecule has 2 amide bonds. The Labute approximate surface area is 212 Å². The molecule has 200 valence electrons. The monoisotopic (exact) mass is 522 g/mol. The van der Waals surface area contributed by atoms with Gasteiger partial charge in [0.15, 0.2) is 5.96 Å². The Morgan fingerprint density at radius 2 is 1.70 bits per heavy atom. The van der Waals surface area contributed by atoms with Gasteiger partial charge in [-0.15, -0.1) is 0 Å². The first kappa shape index (κ1) is 27.9. The SMILES string of the molecule is CCOC(=O)NC1CCC(NC(=NCc2cccc(C(F)(F)F)c2)NC(=O)c2ccc(C)c(F)c2)CC1. The van der Waals surface area contributed by atoms with Crippen LogP contribution in [0, 0.1) is 12.7 Å². The van der Waals surface area contributed by atoms with Gasteiger partial charge in [0.2, 0.25) is 0 Å².